The summed E-state index contributed by atoms with van der Waals surface area (Å²) in [6.07, 6.45) is 1.60. The van der Waals surface area contributed by atoms with Gasteiger partial charge in [-0.1, -0.05) is 11.3 Å². The van der Waals surface area contributed by atoms with Gasteiger partial charge in [-0.15, -0.1) is 12.6 Å². The maximum atomic E-state index is 10.5. The summed E-state index contributed by atoms with van der Waals surface area (Å²) in [5.41, 5.74) is 0. The number of carbonyl (C=O) groups is 1. The van der Waals surface area contributed by atoms with E-state index in [1.807, 2.05) is 0 Å². The highest BCUT2D eigenvalue weighted by Crippen LogP contribution is 2.20. The predicted octanol–water partition coefficient (Wildman–Crippen LogP) is 1.39. The van der Waals surface area contributed by atoms with Crippen molar-refractivity contribution in [2.45, 2.75) is 11.1 Å². The Morgan fingerprint density at radius 1 is 1.90 bits per heavy atom. The fourth-order valence-corrected chi connectivity index (χ4v) is 1.39. The molecule has 0 fully saturated rings. The van der Waals surface area contributed by atoms with Gasteiger partial charge in [-0.25, -0.2) is 4.98 Å². The van der Waals surface area contributed by atoms with Gasteiger partial charge in [-0.2, -0.15) is 0 Å². The molecule has 1 aromatic heterocycles. The first-order valence-electron chi connectivity index (χ1n) is 2.61. The Labute approximate surface area is 67.9 Å². The monoisotopic (exact) mass is 174 g/mol. The van der Waals surface area contributed by atoms with Crippen LogP contribution in [0.2, 0.25) is 0 Å². The number of hydrogen-bond donors (Lipinski definition) is 2. The van der Waals surface area contributed by atoms with Crippen molar-refractivity contribution in [1.29, 1.82) is 0 Å². The fourth-order valence-electron chi connectivity index (χ4n) is 0.474. The first kappa shape index (κ1) is 7.56. The van der Waals surface area contributed by atoms with Crippen molar-refractivity contribution < 1.29 is 4.79 Å². The molecular formula is C5H6N2OS2. The number of aromatic nitrogens is 1. The summed E-state index contributed by atoms with van der Waals surface area (Å²) in [5, 5.41) is 3.14. The Hall–Kier alpha value is -0.550. The number of thiol groups is 1. The third kappa shape index (κ3) is 2.00. The van der Waals surface area contributed by atoms with Crippen molar-refractivity contribution in [2.75, 3.05) is 5.32 Å². The van der Waals surface area contributed by atoms with Crippen LogP contribution in [0.25, 0.3) is 0 Å². The molecule has 1 heterocycles. The molecule has 1 aromatic rings. The van der Waals surface area contributed by atoms with Crippen molar-refractivity contribution in [3.8, 4) is 0 Å². The maximum absolute atomic E-state index is 10.5. The van der Waals surface area contributed by atoms with Crippen LogP contribution in [-0.4, -0.2) is 10.9 Å². The van der Waals surface area contributed by atoms with E-state index in [0.717, 1.165) is 4.21 Å². The Bertz CT molecular complexity index is 246. The van der Waals surface area contributed by atoms with E-state index in [2.05, 4.69) is 22.9 Å². The van der Waals surface area contributed by atoms with Gasteiger partial charge >= 0.3 is 0 Å². The molecule has 0 spiro atoms. The molecule has 0 radical (unpaired) electrons. The Kier molecular flexibility index (Phi) is 2.29. The zero-order valence-corrected chi connectivity index (χ0v) is 7.00. The van der Waals surface area contributed by atoms with Crippen LogP contribution in [-0.2, 0) is 4.79 Å². The summed E-state index contributed by atoms with van der Waals surface area (Å²) < 4.78 is 0.795. The van der Waals surface area contributed by atoms with Crippen molar-refractivity contribution in [3.63, 3.8) is 0 Å². The smallest absolute Gasteiger partial charge is 0.223 e. The summed E-state index contributed by atoms with van der Waals surface area (Å²) in [6.45, 7) is 1.44. The van der Waals surface area contributed by atoms with Crippen LogP contribution in [0, 0.1) is 0 Å². The van der Waals surface area contributed by atoms with Crippen LogP contribution in [0.4, 0.5) is 5.13 Å². The number of nitrogens with one attached hydrogen (secondary N) is 1. The van der Waals surface area contributed by atoms with E-state index in [9.17, 15) is 4.79 Å². The quantitative estimate of drug-likeness (QED) is 0.632. The summed E-state index contributed by atoms with van der Waals surface area (Å²) in [5.74, 6) is -0.109. The van der Waals surface area contributed by atoms with Gasteiger partial charge in [0.2, 0.25) is 5.91 Å². The molecule has 0 aliphatic rings. The van der Waals surface area contributed by atoms with Gasteiger partial charge in [0.05, 0.1) is 10.4 Å². The lowest BCUT2D eigenvalue weighted by molar-refractivity contribution is -0.114. The van der Waals surface area contributed by atoms with E-state index in [0.29, 0.717) is 5.13 Å². The molecule has 0 saturated heterocycles. The average Bonchev–Trinajstić information content (AvgIpc) is 2.13. The van der Waals surface area contributed by atoms with E-state index in [1.165, 1.54) is 18.3 Å². The molecule has 1 N–H and O–H groups in total. The third-order valence-electron chi connectivity index (χ3n) is 0.776. The molecule has 1 rings (SSSR count). The molecule has 0 atom stereocenters. The highest BCUT2D eigenvalue weighted by atomic mass is 32.2. The summed E-state index contributed by atoms with van der Waals surface area (Å²) in [4.78, 5) is 14.3. The second-order valence-corrected chi connectivity index (χ2v) is 3.50. The van der Waals surface area contributed by atoms with E-state index >= 15 is 0 Å². The standard InChI is InChI=1S/C5H6N2OS2/c1-3(8)7-5-6-2-4(9)10-5/h2,9H,1H3,(H,6,7,8). The molecule has 0 aromatic carbocycles. The zero-order chi connectivity index (χ0) is 7.56. The molecule has 0 saturated carbocycles. The second kappa shape index (κ2) is 3.03. The van der Waals surface area contributed by atoms with E-state index < -0.39 is 0 Å². The summed E-state index contributed by atoms with van der Waals surface area (Å²) >= 11 is 5.37. The molecule has 54 valence electrons. The van der Waals surface area contributed by atoms with E-state index in [-0.39, 0.29) is 5.91 Å². The number of rotatable bonds is 1. The van der Waals surface area contributed by atoms with Crippen LogP contribution < -0.4 is 5.32 Å². The number of thiazole rings is 1. The first-order chi connectivity index (χ1) is 4.68. The normalized spacial score (nSPS) is 9.40. The van der Waals surface area contributed by atoms with E-state index in [1.54, 1.807) is 6.20 Å². The van der Waals surface area contributed by atoms with Crippen LogP contribution >= 0.6 is 24.0 Å². The number of anilines is 1. The molecule has 0 aliphatic carbocycles. The van der Waals surface area contributed by atoms with Gasteiger partial charge in [-0.3, -0.25) is 4.79 Å². The lowest BCUT2D eigenvalue weighted by atomic mass is 10.7. The first-order valence-corrected chi connectivity index (χ1v) is 3.87. The van der Waals surface area contributed by atoms with Gasteiger partial charge in [-0.05, 0) is 0 Å². The van der Waals surface area contributed by atoms with Crippen LogP contribution in [0.15, 0.2) is 10.4 Å². The highest BCUT2D eigenvalue weighted by Gasteiger charge is 1.98. The van der Waals surface area contributed by atoms with Crippen LogP contribution in [0.5, 0.6) is 0 Å². The molecule has 0 unspecified atom stereocenters. The predicted molar refractivity (Wildman–Crippen MR) is 43.7 cm³/mol. The van der Waals surface area contributed by atoms with Gasteiger partial charge in [0.25, 0.3) is 0 Å². The van der Waals surface area contributed by atoms with Gasteiger partial charge in [0.1, 0.15) is 0 Å². The number of nitrogens with zero attached hydrogens (tertiary/aromatic N) is 1. The summed E-state index contributed by atoms with van der Waals surface area (Å²) in [6, 6.07) is 0. The van der Waals surface area contributed by atoms with E-state index in [4.69, 9.17) is 0 Å². The van der Waals surface area contributed by atoms with Crippen LogP contribution in [0.3, 0.4) is 0 Å². The largest absolute Gasteiger partial charge is 0.302 e. The second-order valence-electron chi connectivity index (χ2n) is 1.68. The van der Waals surface area contributed by atoms with Gasteiger partial charge < -0.3 is 5.32 Å². The van der Waals surface area contributed by atoms with Crippen LogP contribution in [0.1, 0.15) is 6.92 Å². The Morgan fingerprint density at radius 3 is 3.00 bits per heavy atom. The maximum Gasteiger partial charge on any atom is 0.223 e. The zero-order valence-electron chi connectivity index (χ0n) is 5.29. The Morgan fingerprint density at radius 2 is 2.60 bits per heavy atom. The Balaban J connectivity index is 2.67. The molecule has 3 nitrogen and oxygen atoms in total. The lowest BCUT2D eigenvalue weighted by Crippen LogP contribution is -2.04. The average molecular weight is 174 g/mol. The lowest BCUT2D eigenvalue weighted by Gasteiger charge is -1.91. The SMILES string of the molecule is CC(=O)Nc1ncc(S)s1. The number of carbonyl (C=O) groups excluding carboxylic acids is 1. The van der Waals surface area contributed by atoms with Crippen molar-refractivity contribution >= 4 is 35.0 Å². The molecule has 1 amide bonds. The number of hydrogen-bond acceptors (Lipinski definition) is 4. The minimum absolute atomic E-state index is 0.109. The number of amides is 1. The molecule has 10 heavy (non-hydrogen) atoms. The van der Waals surface area contributed by atoms with Crippen molar-refractivity contribution in [3.05, 3.63) is 6.20 Å². The minimum Gasteiger partial charge on any atom is -0.302 e. The molecule has 0 aliphatic heterocycles. The van der Waals surface area contributed by atoms with Gasteiger partial charge in [0, 0.05) is 6.92 Å². The molecular weight excluding hydrogens is 168 g/mol. The molecule has 0 bridgehead atoms. The van der Waals surface area contributed by atoms with Gasteiger partial charge in [0.15, 0.2) is 5.13 Å². The highest BCUT2D eigenvalue weighted by molar-refractivity contribution is 7.83. The van der Waals surface area contributed by atoms with Crippen molar-refractivity contribution in [2.24, 2.45) is 0 Å². The third-order valence-corrected chi connectivity index (χ3v) is 1.88. The minimum atomic E-state index is -0.109. The molecule has 5 heteroatoms. The topological polar surface area (TPSA) is 42.0 Å². The summed E-state index contributed by atoms with van der Waals surface area (Å²) in [7, 11) is 0. The fraction of sp³-hybridized carbons (Fsp3) is 0.200. The van der Waals surface area contributed by atoms with Crippen molar-refractivity contribution in [1.82, 2.24) is 4.98 Å².